The molecular weight excluding hydrogens is 342 g/mol. The second kappa shape index (κ2) is 7.92. The standard InChI is InChI=1S/C22H25NO4/c24-16-21-20-15-23(25,13-7-12-17-8-3-1-4-9-17)19(22(26-20)27-21)14-18-10-5-2-6-11-18/h1-12,19-22,24H,13-16H2/b12-7+/t19-,20+,21+,22+,23?/m1/s1. The van der Waals surface area contributed by atoms with Gasteiger partial charge in [0.2, 0.25) is 6.29 Å². The number of hydrogen-bond acceptors (Lipinski definition) is 4. The third-order valence-corrected chi connectivity index (χ3v) is 5.43. The Morgan fingerprint density at radius 2 is 1.74 bits per heavy atom. The van der Waals surface area contributed by atoms with Gasteiger partial charge in [0.1, 0.15) is 24.8 Å². The Morgan fingerprint density at radius 1 is 1.04 bits per heavy atom. The third kappa shape index (κ3) is 3.98. The largest absolute Gasteiger partial charge is 0.632 e. The molecule has 0 saturated carbocycles. The number of morpholine rings is 1. The zero-order chi connectivity index (χ0) is 18.7. The predicted octanol–water partition coefficient (Wildman–Crippen LogP) is 2.74. The van der Waals surface area contributed by atoms with Gasteiger partial charge >= 0.3 is 0 Å². The van der Waals surface area contributed by atoms with Crippen LogP contribution in [0.3, 0.4) is 0 Å². The van der Waals surface area contributed by atoms with Gasteiger partial charge in [0.05, 0.1) is 13.2 Å². The maximum Gasteiger partial charge on any atom is 0.212 e. The van der Waals surface area contributed by atoms with Gasteiger partial charge in [-0.3, -0.25) is 0 Å². The zero-order valence-corrected chi connectivity index (χ0v) is 15.2. The SMILES string of the molecule is [O-][N+]1(C/C=C/c2ccccc2)C[C@@H]2O[C@@H](O[C@H]2CO)[C@H]1Cc1ccccc1. The lowest BCUT2D eigenvalue weighted by molar-refractivity contribution is -0.916. The van der Waals surface area contributed by atoms with Crippen LogP contribution in [0.5, 0.6) is 0 Å². The van der Waals surface area contributed by atoms with Gasteiger partial charge in [-0.05, 0) is 17.2 Å². The highest BCUT2D eigenvalue weighted by Crippen LogP contribution is 2.36. The lowest BCUT2D eigenvalue weighted by Crippen LogP contribution is -2.63. The molecule has 0 aliphatic carbocycles. The molecule has 5 heteroatoms. The number of ether oxygens (including phenoxy) is 2. The summed E-state index contributed by atoms with van der Waals surface area (Å²) in [6.07, 6.45) is 3.16. The maximum atomic E-state index is 13.8. The van der Waals surface area contributed by atoms with E-state index < -0.39 is 17.0 Å². The first-order valence-corrected chi connectivity index (χ1v) is 9.43. The summed E-state index contributed by atoms with van der Waals surface area (Å²) in [6, 6.07) is 19.6. The van der Waals surface area contributed by atoms with Gasteiger partial charge in [0.25, 0.3) is 0 Å². The molecular formula is C22H25NO4. The van der Waals surface area contributed by atoms with Crippen LogP contribution in [-0.4, -0.2) is 54.0 Å². The molecule has 2 fully saturated rings. The van der Waals surface area contributed by atoms with Gasteiger partial charge in [-0.15, -0.1) is 0 Å². The van der Waals surface area contributed by atoms with Crippen LogP contribution in [0.15, 0.2) is 66.7 Å². The summed E-state index contributed by atoms with van der Waals surface area (Å²) in [5.41, 5.74) is 2.16. The number of aliphatic hydroxyl groups is 1. The molecule has 0 radical (unpaired) electrons. The van der Waals surface area contributed by atoms with E-state index in [-0.39, 0.29) is 18.8 Å². The van der Waals surface area contributed by atoms with E-state index in [0.717, 1.165) is 11.1 Å². The molecule has 5 nitrogen and oxygen atoms in total. The molecule has 1 unspecified atom stereocenters. The summed E-state index contributed by atoms with van der Waals surface area (Å²) in [7, 11) is 0. The molecule has 27 heavy (non-hydrogen) atoms. The Labute approximate surface area is 159 Å². The molecule has 4 rings (SSSR count). The first-order valence-electron chi connectivity index (χ1n) is 9.43. The monoisotopic (exact) mass is 367 g/mol. The zero-order valence-electron chi connectivity index (χ0n) is 15.2. The lowest BCUT2D eigenvalue weighted by atomic mass is 10.0. The molecule has 2 aromatic rings. The molecule has 2 aromatic carbocycles. The van der Waals surface area contributed by atoms with Crippen LogP contribution >= 0.6 is 0 Å². The van der Waals surface area contributed by atoms with E-state index in [1.54, 1.807) is 0 Å². The Hall–Kier alpha value is -2.02. The van der Waals surface area contributed by atoms with E-state index in [1.165, 1.54) is 0 Å². The number of aliphatic hydroxyl groups excluding tert-OH is 1. The van der Waals surface area contributed by atoms with Gasteiger partial charge < -0.3 is 24.4 Å². The molecule has 0 spiro atoms. The van der Waals surface area contributed by atoms with Crippen LogP contribution in [0.4, 0.5) is 0 Å². The minimum Gasteiger partial charge on any atom is -0.632 e. The number of benzene rings is 2. The lowest BCUT2D eigenvalue weighted by Gasteiger charge is -2.52. The fraction of sp³-hybridized carbons (Fsp3) is 0.364. The van der Waals surface area contributed by atoms with Crippen molar-refractivity contribution >= 4 is 6.08 Å². The Kier molecular flexibility index (Phi) is 5.38. The van der Waals surface area contributed by atoms with Crippen molar-refractivity contribution in [1.82, 2.24) is 0 Å². The average Bonchev–Trinajstić information content (AvgIpc) is 3.05. The van der Waals surface area contributed by atoms with Gasteiger partial charge in [-0.2, -0.15) is 0 Å². The summed E-state index contributed by atoms with van der Waals surface area (Å²) in [4.78, 5) is 0. The van der Waals surface area contributed by atoms with Crippen molar-refractivity contribution in [3.63, 3.8) is 0 Å². The summed E-state index contributed by atoms with van der Waals surface area (Å²) >= 11 is 0. The van der Waals surface area contributed by atoms with Crippen LogP contribution in [0, 0.1) is 5.21 Å². The molecule has 5 atom stereocenters. The first-order chi connectivity index (χ1) is 13.2. The molecule has 2 bridgehead atoms. The average molecular weight is 367 g/mol. The smallest absolute Gasteiger partial charge is 0.212 e. The minimum absolute atomic E-state index is 0.126. The highest BCUT2D eigenvalue weighted by atomic mass is 16.8. The number of rotatable bonds is 6. The third-order valence-electron chi connectivity index (χ3n) is 5.43. The highest BCUT2D eigenvalue weighted by molar-refractivity contribution is 5.48. The van der Waals surface area contributed by atoms with Crippen molar-refractivity contribution < 1.29 is 19.2 Å². The highest BCUT2D eigenvalue weighted by Gasteiger charge is 2.53. The summed E-state index contributed by atoms with van der Waals surface area (Å²) in [5.74, 6) is 0. The Balaban J connectivity index is 1.55. The van der Waals surface area contributed by atoms with E-state index >= 15 is 0 Å². The number of nitrogens with zero attached hydrogens (tertiary/aromatic N) is 1. The van der Waals surface area contributed by atoms with E-state index in [4.69, 9.17) is 9.47 Å². The number of fused-ring (bicyclic) bond motifs is 2. The number of hydrogen-bond donors (Lipinski definition) is 1. The maximum absolute atomic E-state index is 13.8. The molecule has 1 N–H and O–H groups in total. The minimum atomic E-state index is -0.580. The summed E-state index contributed by atoms with van der Waals surface area (Å²) in [5, 5.41) is 23.4. The van der Waals surface area contributed by atoms with Crippen LogP contribution in [0.2, 0.25) is 0 Å². The van der Waals surface area contributed by atoms with Gasteiger partial charge in [-0.1, -0.05) is 66.7 Å². The first kappa shape index (κ1) is 18.3. The summed E-state index contributed by atoms with van der Waals surface area (Å²) in [6.45, 7) is 0.516. The number of quaternary nitrogens is 1. The van der Waals surface area contributed by atoms with E-state index in [9.17, 15) is 10.3 Å². The van der Waals surface area contributed by atoms with Crippen LogP contribution < -0.4 is 0 Å². The van der Waals surface area contributed by atoms with Gasteiger partial charge in [0, 0.05) is 6.42 Å². The molecule has 0 amide bonds. The van der Waals surface area contributed by atoms with Crippen LogP contribution in [0.25, 0.3) is 6.08 Å². The Morgan fingerprint density at radius 3 is 2.44 bits per heavy atom. The predicted molar refractivity (Wildman–Crippen MR) is 103 cm³/mol. The molecule has 0 aromatic heterocycles. The topological polar surface area (TPSA) is 61.8 Å². The molecule has 142 valence electrons. The normalized spacial score (nSPS) is 32.8. The second-order valence-corrected chi connectivity index (χ2v) is 7.29. The van der Waals surface area contributed by atoms with E-state index in [1.807, 2.05) is 72.8 Å². The van der Waals surface area contributed by atoms with Crippen molar-refractivity contribution in [2.45, 2.75) is 31.0 Å². The van der Waals surface area contributed by atoms with Crippen LogP contribution in [0.1, 0.15) is 11.1 Å². The molecule has 2 heterocycles. The number of hydroxylamine groups is 3. The van der Waals surface area contributed by atoms with E-state index in [0.29, 0.717) is 19.5 Å². The van der Waals surface area contributed by atoms with Crippen molar-refractivity contribution in [2.75, 3.05) is 19.7 Å². The fourth-order valence-corrected chi connectivity index (χ4v) is 3.98. The molecule has 2 aliphatic rings. The van der Waals surface area contributed by atoms with Gasteiger partial charge in [0.15, 0.2) is 0 Å². The molecule has 2 aliphatic heterocycles. The fourth-order valence-electron chi connectivity index (χ4n) is 3.98. The van der Waals surface area contributed by atoms with Gasteiger partial charge in [-0.25, -0.2) is 0 Å². The second-order valence-electron chi connectivity index (χ2n) is 7.29. The van der Waals surface area contributed by atoms with Crippen molar-refractivity contribution in [3.05, 3.63) is 83.1 Å². The van der Waals surface area contributed by atoms with E-state index in [2.05, 4.69) is 0 Å². The van der Waals surface area contributed by atoms with Crippen molar-refractivity contribution in [1.29, 1.82) is 0 Å². The summed E-state index contributed by atoms with van der Waals surface area (Å²) < 4.78 is 11.4. The van der Waals surface area contributed by atoms with Crippen LogP contribution in [-0.2, 0) is 15.9 Å². The quantitative estimate of drug-likeness (QED) is 0.630. The Bertz CT molecular complexity index is 766. The van der Waals surface area contributed by atoms with Crippen molar-refractivity contribution in [3.8, 4) is 0 Å². The molecule has 2 saturated heterocycles. The van der Waals surface area contributed by atoms with Crippen molar-refractivity contribution in [2.24, 2.45) is 0 Å².